The van der Waals surface area contributed by atoms with Crippen LogP contribution in [0, 0.1) is 13.8 Å². The Balaban J connectivity index is 2.18. The molecule has 2 amide bonds. The molecule has 29 heavy (non-hydrogen) atoms. The molecule has 0 aliphatic carbocycles. The van der Waals surface area contributed by atoms with Gasteiger partial charge >= 0.3 is 0 Å². The fraction of sp³-hybridized carbons (Fsp3) is 0.417. The summed E-state index contributed by atoms with van der Waals surface area (Å²) in [5.74, 6) is 0.302. The lowest BCUT2D eigenvalue weighted by molar-refractivity contribution is -0.143. The van der Waals surface area contributed by atoms with Gasteiger partial charge in [0, 0.05) is 12.6 Å². The van der Waals surface area contributed by atoms with Crippen LogP contribution in [-0.2, 0) is 16.1 Å². The predicted molar refractivity (Wildman–Crippen MR) is 116 cm³/mol. The minimum absolute atomic E-state index is 0.0111. The Morgan fingerprint density at radius 2 is 1.72 bits per heavy atom. The lowest BCUT2D eigenvalue weighted by atomic mass is 10.1. The molecule has 0 aromatic heterocycles. The zero-order valence-corrected chi connectivity index (χ0v) is 18.1. The Kier molecular flexibility index (Phi) is 8.25. The van der Waals surface area contributed by atoms with Gasteiger partial charge in [0.15, 0.2) is 6.61 Å². The molecule has 0 aliphatic rings. The molecule has 0 saturated heterocycles. The van der Waals surface area contributed by atoms with Gasteiger partial charge in [-0.1, -0.05) is 43.3 Å². The highest BCUT2D eigenvalue weighted by molar-refractivity contribution is 5.88. The number of hydrogen-bond acceptors (Lipinski definition) is 3. The van der Waals surface area contributed by atoms with Crippen LogP contribution in [0.3, 0.4) is 0 Å². The summed E-state index contributed by atoms with van der Waals surface area (Å²) in [6.45, 7) is 10.0. The van der Waals surface area contributed by atoms with Gasteiger partial charge in [-0.2, -0.15) is 0 Å². The SMILES string of the molecule is CC[C@@H](C(=O)NC(C)C)N(Cc1ccccc1)C(=O)COc1ccc(C)c(C)c1. The highest BCUT2D eigenvalue weighted by Gasteiger charge is 2.29. The number of carbonyl (C=O) groups excluding carboxylic acids is 2. The van der Waals surface area contributed by atoms with Crippen molar-refractivity contribution < 1.29 is 14.3 Å². The largest absolute Gasteiger partial charge is 0.484 e. The second-order valence-electron chi connectivity index (χ2n) is 7.63. The Bertz CT molecular complexity index is 818. The summed E-state index contributed by atoms with van der Waals surface area (Å²) in [5.41, 5.74) is 3.26. The van der Waals surface area contributed by atoms with Crippen molar-refractivity contribution in [3.8, 4) is 5.75 Å². The summed E-state index contributed by atoms with van der Waals surface area (Å²) < 4.78 is 5.75. The number of carbonyl (C=O) groups is 2. The number of nitrogens with zero attached hydrogens (tertiary/aromatic N) is 1. The van der Waals surface area contributed by atoms with Gasteiger partial charge in [-0.15, -0.1) is 0 Å². The number of aryl methyl sites for hydroxylation is 2. The number of nitrogens with one attached hydrogen (secondary N) is 1. The van der Waals surface area contributed by atoms with Gasteiger partial charge in [-0.25, -0.2) is 0 Å². The fourth-order valence-electron chi connectivity index (χ4n) is 3.11. The van der Waals surface area contributed by atoms with E-state index in [9.17, 15) is 9.59 Å². The van der Waals surface area contributed by atoms with Crippen molar-refractivity contribution in [3.05, 3.63) is 65.2 Å². The smallest absolute Gasteiger partial charge is 0.261 e. The van der Waals surface area contributed by atoms with Crippen LogP contribution in [-0.4, -0.2) is 35.4 Å². The van der Waals surface area contributed by atoms with Crippen LogP contribution in [0.1, 0.15) is 43.9 Å². The van der Waals surface area contributed by atoms with Crippen molar-refractivity contribution in [1.29, 1.82) is 0 Å². The maximum atomic E-state index is 13.1. The summed E-state index contributed by atoms with van der Waals surface area (Å²) >= 11 is 0. The molecule has 0 unspecified atom stereocenters. The van der Waals surface area contributed by atoms with E-state index in [0.29, 0.717) is 18.7 Å². The zero-order chi connectivity index (χ0) is 21.4. The van der Waals surface area contributed by atoms with E-state index in [2.05, 4.69) is 5.32 Å². The minimum atomic E-state index is -0.548. The van der Waals surface area contributed by atoms with Crippen LogP contribution in [0.25, 0.3) is 0 Å². The van der Waals surface area contributed by atoms with E-state index >= 15 is 0 Å². The first-order chi connectivity index (χ1) is 13.8. The van der Waals surface area contributed by atoms with Gasteiger partial charge < -0.3 is 15.0 Å². The van der Waals surface area contributed by atoms with Gasteiger partial charge in [0.05, 0.1) is 0 Å². The third kappa shape index (κ3) is 6.63. The summed E-state index contributed by atoms with van der Waals surface area (Å²) in [7, 11) is 0. The van der Waals surface area contributed by atoms with E-state index < -0.39 is 6.04 Å². The number of benzene rings is 2. The lowest BCUT2D eigenvalue weighted by Gasteiger charge is -2.31. The van der Waals surface area contributed by atoms with Crippen LogP contribution in [0.15, 0.2) is 48.5 Å². The Morgan fingerprint density at radius 1 is 1.03 bits per heavy atom. The van der Waals surface area contributed by atoms with Crippen molar-refractivity contribution in [3.63, 3.8) is 0 Å². The molecule has 0 bridgehead atoms. The fourth-order valence-corrected chi connectivity index (χ4v) is 3.11. The lowest BCUT2D eigenvalue weighted by Crippen LogP contribution is -2.51. The number of ether oxygens (including phenoxy) is 1. The second-order valence-corrected chi connectivity index (χ2v) is 7.63. The van der Waals surface area contributed by atoms with E-state index in [0.717, 1.165) is 11.1 Å². The Morgan fingerprint density at radius 3 is 2.31 bits per heavy atom. The van der Waals surface area contributed by atoms with Crippen LogP contribution >= 0.6 is 0 Å². The van der Waals surface area contributed by atoms with Crippen molar-refractivity contribution in [2.24, 2.45) is 0 Å². The summed E-state index contributed by atoms with van der Waals surface area (Å²) in [4.78, 5) is 27.4. The molecule has 1 atom stereocenters. The molecule has 1 N–H and O–H groups in total. The minimum Gasteiger partial charge on any atom is -0.484 e. The van der Waals surface area contributed by atoms with E-state index in [1.54, 1.807) is 4.90 Å². The van der Waals surface area contributed by atoms with E-state index in [4.69, 9.17) is 4.74 Å². The molecule has 2 aromatic carbocycles. The second kappa shape index (κ2) is 10.6. The zero-order valence-electron chi connectivity index (χ0n) is 18.1. The number of rotatable bonds is 9. The monoisotopic (exact) mass is 396 g/mol. The topological polar surface area (TPSA) is 58.6 Å². The first kappa shape index (κ1) is 22.5. The number of hydrogen-bond donors (Lipinski definition) is 1. The standard InChI is InChI=1S/C24H32N2O3/c1-6-22(24(28)25-17(2)3)26(15-20-10-8-7-9-11-20)23(27)16-29-21-13-12-18(4)19(5)14-21/h7-14,17,22H,6,15-16H2,1-5H3,(H,25,28)/t22-/m0/s1. The first-order valence-electron chi connectivity index (χ1n) is 10.2. The molecular weight excluding hydrogens is 364 g/mol. The average Bonchev–Trinajstić information content (AvgIpc) is 2.68. The molecule has 0 spiro atoms. The van der Waals surface area contributed by atoms with Crippen LogP contribution in [0.4, 0.5) is 0 Å². The van der Waals surface area contributed by atoms with Gasteiger partial charge in [-0.05, 0) is 62.9 Å². The van der Waals surface area contributed by atoms with Crippen LogP contribution < -0.4 is 10.1 Å². The molecule has 0 saturated carbocycles. The van der Waals surface area contributed by atoms with Gasteiger partial charge in [0.1, 0.15) is 11.8 Å². The molecule has 0 radical (unpaired) electrons. The summed E-state index contributed by atoms with van der Waals surface area (Å²) in [6, 6.07) is 14.9. The molecule has 5 heteroatoms. The average molecular weight is 397 g/mol. The van der Waals surface area contributed by atoms with Crippen LogP contribution in [0.5, 0.6) is 5.75 Å². The molecule has 2 aromatic rings. The maximum absolute atomic E-state index is 13.1. The van der Waals surface area contributed by atoms with E-state index in [1.165, 1.54) is 5.56 Å². The van der Waals surface area contributed by atoms with Crippen LogP contribution in [0.2, 0.25) is 0 Å². The van der Waals surface area contributed by atoms with Gasteiger partial charge in [0.25, 0.3) is 5.91 Å². The van der Waals surface area contributed by atoms with Crippen molar-refractivity contribution in [1.82, 2.24) is 10.2 Å². The third-order valence-electron chi connectivity index (χ3n) is 4.85. The van der Waals surface area contributed by atoms with Crippen molar-refractivity contribution >= 4 is 11.8 Å². The first-order valence-corrected chi connectivity index (χ1v) is 10.2. The van der Waals surface area contributed by atoms with Crippen molar-refractivity contribution in [2.45, 2.75) is 59.7 Å². The summed E-state index contributed by atoms with van der Waals surface area (Å²) in [5, 5.41) is 2.93. The third-order valence-corrected chi connectivity index (χ3v) is 4.85. The Hall–Kier alpha value is -2.82. The van der Waals surface area contributed by atoms with Gasteiger partial charge in [-0.3, -0.25) is 9.59 Å². The maximum Gasteiger partial charge on any atom is 0.261 e. The highest BCUT2D eigenvalue weighted by Crippen LogP contribution is 2.18. The molecule has 0 fully saturated rings. The van der Waals surface area contributed by atoms with E-state index in [1.807, 2.05) is 83.1 Å². The van der Waals surface area contributed by atoms with E-state index in [-0.39, 0.29) is 24.5 Å². The summed E-state index contributed by atoms with van der Waals surface area (Å²) in [6.07, 6.45) is 0.529. The van der Waals surface area contributed by atoms with Crippen molar-refractivity contribution in [2.75, 3.05) is 6.61 Å². The molecule has 5 nitrogen and oxygen atoms in total. The molecule has 2 rings (SSSR count). The quantitative estimate of drug-likeness (QED) is 0.697. The van der Waals surface area contributed by atoms with Gasteiger partial charge in [0.2, 0.25) is 5.91 Å². The normalized spacial score (nSPS) is 11.8. The Labute approximate surface area is 174 Å². The number of amides is 2. The molecule has 0 aliphatic heterocycles. The molecule has 156 valence electrons. The molecular formula is C24H32N2O3. The highest BCUT2D eigenvalue weighted by atomic mass is 16.5. The molecule has 0 heterocycles. The predicted octanol–water partition coefficient (Wildman–Crippen LogP) is 4.01.